The maximum Gasteiger partial charge on any atom is 0.221 e. The molecule has 0 N–H and O–H groups in total. The van der Waals surface area contributed by atoms with Crippen LogP contribution in [0.5, 0.6) is 0 Å². The van der Waals surface area contributed by atoms with Gasteiger partial charge in [-0.1, -0.05) is 30.9 Å². The Kier molecular flexibility index (Phi) is 6.39. The van der Waals surface area contributed by atoms with Crippen LogP contribution in [0.15, 0.2) is 36.5 Å². The summed E-state index contributed by atoms with van der Waals surface area (Å²) >= 11 is 5.21. The van der Waals surface area contributed by atoms with Crippen LogP contribution in [0.25, 0.3) is 0 Å². The van der Waals surface area contributed by atoms with Crippen molar-refractivity contribution in [2.24, 2.45) is 0 Å². The first kappa shape index (κ1) is 11.2. The molecule has 0 aliphatic carbocycles. The largest absolute Gasteiger partial charge is 0.281 e. The Bertz CT molecular complexity index is 214. The van der Waals surface area contributed by atoms with E-state index in [-0.39, 0.29) is 5.24 Å². The minimum Gasteiger partial charge on any atom is -0.281 e. The summed E-state index contributed by atoms with van der Waals surface area (Å²) in [5.41, 5.74) is 1.07. The molecule has 1 nitrogen and oxygen atoms in total. The van der Waals surface area contributed by atoms with Crippen LogP contribution >= 0.6 is 11.6 Å². The molecule has 0 aromatic rings. The van der Waals surface area contributed by atoms with E-state index in [1.807, 2.05) is 25.2 Å². The third-order valence-corrected chi connectivity index (χ3v) is 1.51. The third kappa shape index (κ3) is 5.93. The monoisotopic (exact) mass is 184 g/mol. The molecule has 66 valence electrons. The molecule has 0 aliphatic rings. The van der Waals surface area contributed by atoms with Crippen LogP contribution in [0.4, 0.5) is 0 Å². The van der Waals surface area contributed by atoms with Crippen LogP contribution in [-0.4, -0.2) is 5.24 Å². The zero-order chi connectivity index (χ0) is 9.40. The second-order valence-corrected chi connectivity index (χ2v) is 2.75. The second kappa shape index (κ2) is 6.86. The summed E-state index contributed by atoms with van der Waals surface area (Å²) < 4.78 is 0. The lowest BCUT2D eigenvalue weighted by Crippen LogP contribution is -1.87. The lowest BCUT2D eigenvalue weighted by molar-refractivity contribution is -0.111. The highest BCUT2D eigenvalue weighted by atomic mass is 35.5. The molecule has 0 bridgehead atoms. The van der Waals surface area contributed by atoms with Gasteiger partial charge in [-0.15, -0.1) is 0 Å². The highest BCUT2D eigenvalue weighted by molar-refractivity contribution is 6.63. The molecule has 0 unspecified atom stereocenters. The highest BCUT2D eigenvalue weighted by Gasteiger charge is 1.97. The van der Waals surface area contributed by atoms with Crippen LogP contribution in [0.1, 0.15) is 19.8 Å². The van der Waals surface area contributed by atoms with E-state index in [2.05, 4.69) is 6.58 Å². The van der Waals surface area contributed by atoms with E-state index in [9.17, 15) is 4.79 Å². The van der Waals surface area contributed by atoms with Gasteiger partial charge in [-0.05, 0) is 30.5 Å². The average molecular weight is 185 g/mol. The number of hydrogen-bond acceptors (Lipinski definition) is 1. The molecule has 0 heterocycles. The predicted molar refractivity (Wildman–Crippen MR) is 53.2 cm³/mol. The van der Waals surface area contributed by atoms with Gasteiger partial charge >= 0.3 is 0 Å². The molecule has 0 amide bonds. The lowest BCUT2D eigenvalue weighted by atomic mass is 10.1. The van der Waals surface area contributed by atoms with Gasteiger partial charge in [0.2, 0.25) is 5.24 Å². The zero-order valence-corrected chi connectivity index (χ0v) is 7.97. The van der Waals surface area contributed by atoms with Crippen molar-refractivity contribution in [1.82, 2.24) is 0 Å². The molecule has 0 saturated heterocycles. The fraction of sp³-hybridized carbons (Fsp3) is 0.300. The maximum absolute atomic E-state index is 10.4. The fourth-order valence-electron chi connectivity index (χ4n) is 0.830. The standard InChI is InChI=1S/C10H13ClO/c1-3-5-9(6-4-2)7-8-10(11)12/h3-6H,1,7-8H2,2H3/b6-4-,9-5+. The molecular formula is C10H13ClO. The van der Waals surface area contributed by atoms with Gasteiger partial charge in [-0.3, -0.25) is 4.79 Å². The molecular weight excluding hydrogens is 172 g/mol. The van der Waals surface area contributed by atoms with Crippen LogP contribution in [-0.2, 0) is 4.79 Å². The topological polar surface area (TPSA) is 17.1 Å². The Hall–Kier alpha value is -0.820. The molecule has 0 saturated carbocycles. The molecule has 12 heavy (non-hydrogen) atoms. The van der Waals surface area contributed by atoms with E-state index in [0.29, 0.717) is 12.8 Å². The molecule has 2 heteroatoms. The number of halogens is 1. The molecule has 0 aromatic carbocycles. The lowest BCUT2D eigenvalue weighted by Gasteiger charge is -1.96. The SMILES string of the molecule is C=C/C=C(\C=C/C)CCC(=O)Cl. The van der Waals surface area contributed by atoms with E-state index < -0.39 is 0 Å². The number of hydrogen-bond donors (Lipinski definition) is 0. The number of carbonyl (C=O) groups is 1. The Balaban J connectivity index is 4.05. The molecule has 0 rings (SSSR count). The number of rotatable bonds is 5. The first-order valence-electron chi connectivity index (χ1n) is 3.83. The quantitative estimate of drug-likeness (QED) is 0.474. The summed E-state index contributed by atoms with van der Waals surface area (Å²) in [6.45, 7) is 5.51. The van der Waals surface area contributed by atoms with Gasteiger partial charge in [0, 0.05) is 6.42 Å². The van der Waals surface area contributed by atoms with Crippen molar-refractivity contribution in [3.8, 4) is 0 Å². The van der Waals surface area contributed by atoms with Crippen molar-refractivity contribution in [2.45, 2.75) is 19.8 Å². The minimum absolute atomic E-state index is 0.297. The van der Waals surface area contributed by atoms with Crippen molar-refractivity contribution in [2.75, 3.05) is 0 Å². The molecule has 0 atom stereocenters. The second-order valence-electron chi connectivity index (χ2n) is 2.33. The van der Waals surface area contributed by atoms with Gasteiger partial charge in [0.1, 0.15) is 0 Å². The Labute approximate surface area is 78.4 Å². The predicted octanol–water partition coefficient (Wildman–Crippen LogP) is 3.22. The first-order valence-corrected chi connectivity index (χ1v) is 4.21. The summed E-state index contributed by atoms with van der Waals surface area (Å²) in [6, 6.07) is 0. The van der Waals surface area contributed by atoms with Crippen LogP contribution in [0, 0.1) is 0 Å². The van der Waals surface area contributed by atoms with Gasteiger partial charge in [0.25, 0.3) is 0 Å². The van der Waals surface area contributed by atoms with Crippen molar-refractivity contribution in [3.05, 3.63) is 36.5 Å². The highest BCUT2D eigenvalue weighted by Crippen LogP contribution is 2.08. The smallest absolute Gasteiger partial charge is 0.221 e. The summed E-state index contributed by atoms with van der Waals surface area (Å²) in [6.07, 6.45) is 8.51. The normalized spacial score (nSPS) is 12.0. The molecule has 0 fully saturated rings. The van der Waals surface area contributed by atoms with Crippen LogP contribution in [0.3, 0.4) is 0 Å². The first-order chi connectivity index (χ1) is 5.70. The van der Waals surface area contributed by atoms with E-state index in [1.165, 1.54) is 0 Å². The van der Waals surface area contributed by atoms with E-state index in [0.717, 1.165) is 5.57 Å². The van der Waals surface area contributed by atoms with Gasteiger partial charge < -0.3 is 0 Å². The molecule has 0 aliphatic heterocycles. The van der Waals surface area contributed by atoms with Crippen molar-refractivity contribution in [1.29, 1.82) is 0 Å². The summed E-state index contributed by atoms with van der Waals surface area (Å²) in [7, 11) is 0. The van der Waals surface area contributed by atoms with Crippen molar-refractivity contribution in [3.63, 3.8) is 0 Å². The van der Waals surface area contributed by atoms with E-state index in [1.54, 1.807) is 6.08 Å². The van der Waals surface area contributed by atoms with Crippen molar-refractivity contribution >= 4 is 16.8 Å². The van der Waals surface area contributed by atoms with Crippen LogP contribution in [0.2, 0.25) is 0 Å². The van der Waals surface area contributed by atoms with E-state index >= 15 is 0 Å². The Morgan fingerprint density at radius 2 is 2.17 bits per heavy atom. The zero-order valence-electron chi connectivity index (χ0n) is 7.22. The molecule has 0 spiro atoms. The van der Waals surface area contributed by atoms with Crippen LogP contribution < -0.4 is 0 Å². The Morgan fingerprint density at radius 3 is 2.58 bits per heavy atom. The minimum atomic E-state index is -0.297. The number of carbonyl (C=O) groups excluding carboxylic acids is 1. The fourth-order valence-corrected chi connectivity index (χ4v) is 0.925. The summed E-state index contributed by atoms with van der Waals surface area (Å²) in [5.74, 6) is 0. The molecule has 0 radical (unpaired) electrons. The maximum atomic E-state index is 10.4. The van der Waals surface area contributed by atoms with Gasteiger partial charge in [-0.2, -0.15) is 0 Å². The van der Waals surface area contributed by atoms with E-state index in [4.69, 9.17) is 11.6 Å². The van der Waals surface area contributed by atoms with Gasteiger partial charge in [-0.25, -0.2) is 0 Å². The summed E-state index contributed by atoms with van der Waals surface area (Å²) in [4.78, 5) is 10.4. The van der Waals surface area contributed by atoms with Gasteiger partial charge in [0.05, 0.1) is 0 Å². The summed E-state index contributed by atoms with van der Waals surface area (Å²) in [5, 5.41) is -0.297. The average Bonchev–Trinajstić information content (AvgIpc) is 2.01. The van der Waals surface area contributed by atoms with Crippen molar-refractivity contribution < 1.29 is 4.79 Å². The third-order valence-electron chi connectivity index (χ3n) is 1.32. The molecule has 0 aromatic heterocycles. The van der Waals surface area contributed by atoms with Gasteiger partial charge in [0.15, 0.2) is 0 Å². The Morgan fingerprint density at radius 1 is 1.50 bits per heavy atom. The number of allylic oxidation sites excluding steroid dienone is 5.